The zero-order valence-electron chi connectivity index (χ0n) is 13.3. The Morgan fingerprint density at radius 1 is 1.00 bits per heavy atom. The molecule has 0 fully saturated rings. The second-order valence-electron chi connectivity index (χ2n) is 4.71. The number of rotatable bonds is 5. The number of ether oxygens (including phenoxy) is 2. The molecule has 1 N–H and O–H groups in total. The maximum absolute atomic E-state index is 12.7. The number of aryl methyl sites for hydroxylation is 2. The Bertz CT molecular complexity index is 624. The molecule has 0 atom stereocenters. The smallest absolute Gasteiger partial charge is 0.146 e. The fraction of sp³-hybridized carbons (Fsp3) is 0.375. The van der Waals surface area contributed by atoms with Gasteiger partial charge in [-0.15, -0.1) is 0 Å². The summed E-state index contributed by atoms with van der Waals surface area (Å²) in [5, 5.41) is 8.64. The Hall–Kier alpha value is -1.96. The normalized spacial score (nSPS) is 10.2. The first-order valence-electron chi connectivity index (χ1n) is 6.87. The van der Waals surface area contributed by atoms with Gasteiger partial charge in [0.15, 0.2) is 0 Å². The molecule has 2 rings (SSSR count). The minimum Gasteiger partial charge on any atom is -0.392 e. The molecule has 0 bridgehead atoms. The zero-order valence-corrected chi connectivity index (χ0v) is 13.3. The second kappa shape index (κ2) is 9.94. The minimum absolute atomic E-state index is 0.156. The highest BCUT2D eigenvalue weighted by atomic mass is 19.1. The maximum Gasteiger partial charge on any atom is 0.146 e. The molecule has 2 aromatic heterocycles. The molecule has 0 aliphatic carbocycles. The van der Waals surface area contributed by atoms with Crippen LogP contribution >= 0.6 is 0 Å². The highest BCUT2D eigenvalue weighted by Crippen LogP contribution is 2.08. The largest absolute Gasteiger partial charge is 0.392 e. The molecule has 0 saturated heterocycles. The van der Waals surface area contributed by atoms with E-state index in [0.29, 0.717) is 17.9 Å². The van der Waals surface area contributed by atoms with Crippen LogP contribution in [0.5, 0.6) is 0 Å². The number of hydrogen-bond donors (Lipinski definition) is 1. The highest BCUT2D eigenvalue weighted by molar-refractivity contribution is 5.18. The Kier molecular flexibility index (Phi) is 8.25. The number of aromatic nitrogens is 2. The Morgan fingerprint density at radius 3 is 2.00 bits per heavy atom. The van der Waals surface area contributed by atoms with Gasteiger partial charge < -0.3 is 14.6 Å². The van der Waals surface area contributed by atoms with Crippen molar-refractivity contribution in [2.24, 2.45) is 0 Å². The van der Waals surface area contributed by atoms with Crippen LogP contribution in [0.15, 0.2) is 24.5 Å². The van der Waals surface area contributed by atoms with Gasteiger partial charge in [-0.3, -0.25) is 9.97 Å². The summed E-state index contributed by atoms with van der Waals surface area (Å²) < 4.78 is 34.8. The Morgan fingerprint density at radius 2 is 1.52 bits per heavy atom. The fourth-order valence-corrected chi connectivity index (χ4v) is 1.64. The van der Waals surface area contributed by atoms with E-state index in [9.17, 15) is 8.78 Å². The quantitative estimate of drug-likeness (QED) is 0.676. The topological polar surface area (TPSA) is 64.5 Å². The molecule has 0 aromatic carbocycles. The summed E-state index contributed by atoms with van der Waals surface area (Å²) in [6.45, 7) is 3.91. The van der Waals surface area contributed by atoms with E-state index in [-0.39, 0.29) is 19.2 Å². The predicted molar refractivity (Wildman–Crippen MR) is 80.5 cm³/mol. The number of nitrogens with zero attached hydrogens (tertiary/aromatic N) is 2. The van der Waals surface area contributed by atoms with Gasteiger partial charge in [0, 0.05) is 29.6 Å². The summed E-state index contributed by atoms with van der Waals surface area (Å²) in [6, 6.07) is 2.69. The first kappa shape index (κ1) is 19.1. The lowest BCUT2D eigenvalue weighted by atomic mass is 10.2. The average Bonchev–Trinajstić information content (AvgIpc) is 2.54. The summed E-state index contributed by atoms with van der Waals surface area (Å²) in [5.74, 6) is -0.753. The summed E-state index contributed by atoms with van der Waals surface area (Å²) in [7, 11) is 1.54. The summed E-state index contributed by atoms with van der Waals surface area (Å²) in [5.41, 5.74) is 2.73. The number of halogens is 2. The van der Waals surface area contributed by atoms with E-state index in [1.807, 2.05) is 6.92 Å². The van der Waals surface area contributed by atoms with Crippen LogP contribution in [0, 0.1) is 25.5 Å². The van der Waals surface area contributed by atoms with Gasteiger partial charge in [0.25, 0.3) is 0 Å². The second-order valence-corrected chi connectivity index (χ2v) is 4.71. The van der Waals surface area contributed by atoms with E-state index >= 15 is 0 Å². The molecule has 23 heavy (non-hydrogen) atoms. The van der Waals surface area contributed by atoms with Gasteiger partial charge in [-0.2, -0.15) is 0 Å². The van der Waals surface area contributed by atoms with Crippen molar-refractivity contribution in [1.82, 2.24) is 9.97 Å². The van der Waals surface area contributed by atoms with Gasteiger partial charge in [-0.05, 0) is 26.0 Å². The van der Waals surface area contributed by atoms with Crippen molar-refractivity contribution in [3.05, 3.63) is 58.7 Å². The average molecular weight is 326 g/mol. The molecule has 2 aromatic rings. The summed E-state index contributed by atoms with van der Waals surface area (Å²) in [4.78, 5) is 7.58. The van der Waals surface area contributed by atoms with E-state index in [2.05, 4.69) is 9.97 Å². The van der Waals surface area contributed by atoms with Gasteiger partial charge in [0.1, 0.15) is 18.4 Å². The van der Waals surface area contributed by atoms with Gasteiger partial charge >= 0.3 is 0 Å². The Labute approximate surface area is 133 Å². The van der Waals surface area contributed by atoms with Crippen LogP contribution in [0.25, 0.3) is 0 Å². The van der Waals surface area contributed by atoms with Crippen molar-refractivity contribution in [2.45, 2.75) is 27.1 Å². The molecule has 0 spiro atoms. The third-order valence-corrected chi connectivity index (χ3v) is 2.95. The number of pyridine rings is 2. The van der Waals surface area contributed by atoms with E-state index in [1.54, 1.807) is 6.92 Å². The number of hydrogen-bond acceptors (Lipinski definition) is 5. The molecule has 0 saturated carbocycles. The van der Waals surface area contributed by atoms with Crippen LogP contribution in [-0.4, -0.2) is 29.0 Å². The summed E-state index contributed by atoms with van der Waals surface area (Å²) >= 11 is 0. The van der Waals surface area contributed by atoms with Crippen molar-refractivity contribution in [3.63, 3.8) is 0 Å². The number of aliphatic hydroxyl groups excluding tert-OH is 1. The zero-order chi connectivity index (χ0) is 17.2. The maximum atomic E-state index is 12.7. The third kappa shape index (κ3) is 6.77. The standard InChI is InChI=1S/C9H12FNO2.C7H8FNO/c1-7-8(5-13-6-12-2)3-9(10)4-11-7;1-5-6(4-10)2-7(8)3-9-5/h3-4H,5-6H2,1-2H3;2-3,10H,4H2,1H3. The molecule has 5 nitrogen and oxygen atoms in total. The van der Waals surface area contributed by atoms with Gasteiger partial charge in [0.05, 0.1) is 25.6 Å². The van der Waals surface area contributed by atoms with E-state index in [1.165, 1.54) is 25.4 Å². The number of aliphatic hydroxyl groups is 1. The Balaban J connectivity index is 0.000000238. The summed E-state index contributed by atoms with van der Waals surface area (Å²) in [6.07, 6.45) is 2.32. The van der Waals surface area contributed by atoms with E-state index in [0.717, 1.165) is 17.5 Å². The molecule has 0 aliphatic rings. The van der Waals surface area contributed by atoms with Crippen molar-refractivity contribution in [1.29, 1.82) is 0 Å². The molecule has 0 aliphatic heterocycles. The van der Waals surface area contributed by atoms with Crippen LogP contribution in [0.1, 0.15) is 22.5 Å². The molecular formula is C16H20F2N2O3. The highest BCUT2D eigenvalue weighted by Gasteiger charge is 2.01. The van der Waals surface area contributed by atoms with Crippen molar-refractivity contribution in [2.75, 3.05) is 13.9 Å². The first-order valence-corrected chi connectivity index (χ1v) is 6.87. The molecule has 0 unspecified atom stereocenters. The molecule has 126 valence electrons. The third-order valence-electron chi connectivity index (χ3n) is 2.95. The first-order chi connectivity index (χ1) is 11.0. The molecule has 0 radical (unpaired) electrons. The molecule has 0 amide bonds. The number of methoxy groups -OCH3 is 1. The van der Waals surface area contributed by atoms with Crippen molar-refractivity contribution < 1.29 is 23.4 Å². The van der Waals surface area contributed by atoms with E-state index < -0.39 is 5.82 Å². The van der Waals surface area contributed by atoms with Gasteiger partial charge in [0.2, 0.25) is 0 Å². The van der Waals surface area contributed by atoms with E-state index in [4.69, 9.17) is 14.6 Å². The lowest BCUT2D eigenvalue weighted by Gasteiger charge is -2.05. The van der Waals surface area contributed by atoms with Gasteiger partial charge in [-0.25, -0.2) is 8.78 Å². The lowest BCUT2D eigenvalue weighted by molar-refractivity contribution is -0.0393. The van der Waals surface area contributed by atoms with Crippen LogP contribution in [-0.2, 0) is 22.7 Å². The molecular weight excluding hydrogens is 306 g/mol. The van der Waals surface area contributed by atoms with Crippen LogP contribution in [0.2, 0.25) is 0 Å². The molecule has 2 heterocycles. The predicted octanol–water partition coefficient (Wildman–Crippen LogP) is 2.67. The SMILES string of the molecule is COCOCc1cc(F)cnc1C.Cc1ncc(F)cc1CO. The minimum atomic E-state index is -0.408. The van der Waals surface area contributed by atoms with Crippen molar-refractivity contribution in [3.8, 4) is 0 Å². The van der Waals surface area contributed by atoms with Gasteiger partial charge in [-0.1, -0.05) is 0 Å². The monoisotopic (exact) mass is 326 g/mol. The fourth-order valence-electron chi connectivity index (χ4n) is 1.64. The van der Waals surface area contributed by atoms with Crippen LogP contribution in [0.3, 0.4) is 0 Å². The molecule has 7 heteroatoms. The van der Waals surface area contributed by atoms with Crippen LogP contribution in [0.4, 0.5) is 8.78 Å². The lowest BCUT2D eigenvalue weighted by Crippen LogP contribution is -2.00. The van der Waals surface area contributed by atoms with Crippen molar-refractivity contribution >= 4 is 0 Å². The van der Waals surface area contributed by atoms with Crippen LogP contribution < -0.4 is 0 Å².